The Morgan fingerprint density at radius 2 is 2.05 bits per heavy atom. The van der Waals surface area contributed by atoms with Gasteiger partial charge in [-0.2, -0.15) is 0 Å². The highest BCUT2D eigenvalue weighted by Gasteiger charge is 2.16. The second kappa shape index (κ2) is 6.05. The van der Waals surface area contributed by atoms with Crippen molar-refractivity contribution in [2.45, 2.75) is 58.9 Å². The summed E-state index contributed by atoms with van der Waals surface area (Å²) in [4.78, 5) is 18.0. The predicted molar refractivity (Wildman–Crippen MR) is 91.9 cm³/mol. The van der Waals surface area contributed by atoms with Crippen molar-refractivity contribution in [1.29, 1.82) is 0 Å². The zero-order valence-electron chi connectivity index (χ0n) is 12.7. The standard InChI is InChI=1S/C16H22N2OS2/c1-10-11(2)21-14-13(10)15(19)18(16(20)17-14)9-5-8-12-6-3-4-7-12/h12H,3-9H2,1-2H3,(H,17,20). The van der Waals surface area contributed by atoms with Crippen molar-refractivity contribution < 1.29 is 0 Å². The van der Waals surface area contributed by atoms with Crippen molar-refractivity contribution in [3.05, 3.63) is 25.6 Å². The Morgan fingerprint density at radius 3 is 2.76 bits per heavy atom. The number of aromatic nitrogens is 2. The molecule has 0 unspecified atom stereocenters. The second-order valence-corrected chi connectivity index (χ2v) is 7.78. The average Bonchev–Trinajstić information content (AvgIpc) is 3.03. The van der Waals surface area contributed by atoms with Gasteiger partial charge in [0, 0.05) is 11.4 Å². The molecule has 1 aliphatic rings. The third kappa shape index (κ3) is 2.86. The summed E-state index contributed by atoms with van der Waals surface area (Å²) < 4.78 is 2.33. The Morgan fingerprint density at radius 1 is 1.33 bits per heavy atom. The van der Waals surface area contributed by atoms with E-state index in [1.165, 1.54) is 37.0 Å². The van der Waals surface area contributed by atoms with Gasteiger partial charge in [0.15, 0.2) is 4.77 Å². The number of rotatable bonds is 4. The van der Waals surface area contributed by atoms with E-state index < -0.39 is 0 Å². The summed E-state index contributed by atoms with van der Waals surface area (Å²) in [6.45, 7) is 4.82. The molecule has 3 rings (SSSR count). The van der Waals surface area contributed by atoms with Gasteiger partial charge in [0.2, 0.25) is 0 Å². The highest BCUT2D eigenvalue weighted by atomic mass is 32.1. The van der Waals surface area contributed by atoms with Gasteiger partial charge >= 0.3 is 0 Å². The molecule has 0 bridgehead atoms. The zero-order chi connectivity index (χ0) is 15.0. The van der Waals surface area contributed by atoms with Crippen molar-refractivity contribution in [1.82, 2.24) is 9.55 Å². The van der Waals surface area contributed by atoms with E-state index in [2.05, 4.69) is 11.9 Å². The Labute approximate surface area is 134 Å². The fourth-order valence-electron chi connectivity index (χ4n) is 3.40. The molecule has 0 aliphatic heterocycles. The summed E-state index contributed by atoms with van der Waals surface area (Å²) in [5.74, 6) is 0.868. The van der Waals surface area contributed by atoms with Gasteiger partial charge < -0.3 is 4.98 Å². The summed E-state index contributed by atoms with van der Waals surface area (Å²) >= 11 is 7.01. The van der Waals surface area contributed by atoms with E-state index in [4.69, 9.17) is 12.2 Å². The lowest BCUT2D eigenvalue weighted by molar-refractivity contribution is 0.453. The zero-order valence-corrected chi connectivity index (χ0v) is 14.3. The minimum atomic E-state index is 0.0852. The summed E-state index contributed by atoms with van der Waals surface area (Å²) in [6.07, 6.45) is 7.76. The van der Waals surface area contributed by atoms with E-state index in [0.29, 0.717) is 4.77 Å². The molecule has 1 fully saturated rings. The van der Waals surface area contributed by atoms with Crippen molar-refractivity contribution in [3.8, 4) is 0 Å². The number of hydrogen-bond donors (Lipinski definition) is 1. The smallest absolute Gasteiger partial charge is 0.263 e. The van der Waals surface area contributed by atoms with Crippen LogP contribution in [0, 0.1) is 24.5 Å². The van der Waals surface area contributed by atoms with Crippen LogP contribution in [-0.4, -0.2) is 9.55 Å². The molecule has 114 valence electrons. The number of H-pyrrole nitrogens is 1. The Hall–Kier alpha value is -0.940. The number of aromatic amines is 1. The molecule has 0 radical (unpaired) electrons. The van der Waals surface area contributed by atoms with Crippen LogP contribution in [0.5, 0.6) is 0 Å². The molecule has 0 spiro atoms. The van der Waals surface area contributed by atoms with E-state index in [1.807, 2.05) is 6.92 Å². The first kappa shape index (κ1) is 15.0. The van der Waals surface area contributed by atoms with Gasteiger partial charge in [-0.3, -0.25) is 9.36 Å². The molecule has 0 aromatic carbocycles. The van der Waals surface area contributed by atoms with E-state index >= 15 is 0 Å². The van der Waals surface area contributed by atoms with Gasteiger partial charge in [0.25, 0.3) is 5.56 Å². The molecule has 2 aromatic heterocycles. The molecule has 1 saturated carbocycles. The van der Waals surface area contributed by atoms with Crippen LogP contribution in [0.1, 0.15) is 49.0 Å². The first-order valence-electron chi connectivity index (χ1n) is 7.80. The molecule has 0 saturated heterocycles. The molecular weight excluding hydrogens is 300 g/mol. The van der Waals surface area contributed by atoms with Crippen LogP contribution >= 0.6 is 23.6 Å². The molecule has 5 heteroatoms. The van der Waals surface area contributed by atoms with Crippen molar-refractivity contribution >= 4 is 33.8 Å². The largest absolute Gasteiger partial charge is 0.323 e. The minimum Gasteiger partial charge on any atom is -0.323 e. The summed E-state index contributed by atoms with van der Waals surface area (Å²) in [5.41, 5.74) is 1.18. The van der Waals surface area contributed by atoms with E-state index in [1.54, 1.807) is 15.9 Å². The van der Waals surface area contributed by atoms with Crippen LogP contribution in [0.2, 0.25) is 0 Å². The maximum atomic E-state index is 12.7. The highest BCUT2D eigenvalue weighted by Crippen LogP contribution is 2.29. The highest BCUT2D eigenvalue weighted by molar-refractivity contribution is 7.71. The Bertz CT molecular complexity index is 763. The van der Waals surface area contributed by atoms with Gasteiger partial charge in [-0.25, -0.2) is 0 Å². The number of nitrogens with zero attached hydrogens (tertiary/aromatic N) is 1. The van der Waals surface area contributed by atoms with Crippen LogP contribution < -0.4 is 5.56 Å². The van der Waals surface area contributed by atoms with Crippen molar-refractivity contribution in [3.63, 3.8) is 0 Å². The SMILES string of the molecule is Cc1sc2[nH]c(=S)n(CCCC3CCCC3)c(=O)c2c1C. The van der Waals surface area contributed by atoms with Gasteiger partial charge in [-0.15, -0.1) is 11.3 Å². The van der Waals surface area contributed by atoms with E-state index in [0.717, 1.165) is 34.7 Å². The van der Waals surface area contributed by atoms with E-state index in [9.17, 15) is 4.79 Å². The first-order valence-corrected chi connectivity index (χ1v) is 9.03. The lowest BCUT2D eigenvalue weighted by Crippen LogP contribution is -2.22. The predicted octanol–water partition coefficient (Wildman–Crippen LogP) is 4.71. The fourth-order valence-corrected chi connectivity index (χ4v) is 4.80. The molecule has 2 aromatic rings. The lowest BCUT2D eigenvalue weighted by atomic mass is 10.0. The summed E-state index contributed by atoms with van der Waals surface area (Å²) in [5, 5.41) is 0.826. The molecule has 21 heavy (non-hydrogen) atoms. The maximum Gasteiger partial charge on any atom is 0.263 e. The molecule has 1 N–H and O–H groups in total. The molecule has 3 nitrogen and oxygen atoms in total. The molecule has 0 amide bonds. The third-order valence-electron chi connectivity index (χ3n) is 4.78. The number of aryl methyl sites for hydroxylation is 2. The van der Waals surface area contributed by atoms with Gasteiger partial charge in [0.05, 0.1) is 5.39 Å². The average molecular weight is 322 g/mol. The lowest BCUT2D eigenvalue weighted by Gasteiger charge is -2.10. The Balaban J connectivity index is 1.86. The van der Waals surface area contributed by atoms with Crippen LogP contribution in [-0.2, 0) is 6.54 Å². The van der Waals surface area contributed by atoms with Crippen molar-refractivity contribution in [2.75, 3.05) is 0 Å². The monoisotopic (exact) mass is 322 g/mol. The Kier molecular flexibility index (Phi) is 4.31. The number of fused-ring (bicyclic) bond motifs is 1. The number of thiophene rings is 1. The van der Waals surface area contributed by atoms with Crippen LogP contribution in [0.15, 0.2) is 4.79 Å². The van der Waals surface area contributed by atoms with Crippen LogP contribution in [0.4, 0.5) is 0 Å². The quantitative estimate of drug-likeness (QED) is 0.828. The van der Waals surface area contributed by atoms with Gasteiger partial charge in [0.1, 0.15) is 4.83 Å². The maximum absolute atomic E-state index is 12.7. The summed E-state index contributed by atoms with van der Waals surface area (Å²) in [7, 11) is 0. The van der Waals surface area contributed by atoms with Crippen LogP contribution in [0.3, 0.4) is 0 Å². The topological polar surface area (TPSA) is 37.8 Å². The van der Waals surface area contributed by atoms with Crippen molar-refractivity contribution in [2.24, 2.45) is 5.92 Å². The van der Waals surface area contributed by atoms with E-state index in [-0.39, 0.29) is 5.56 Å². The first-order chi connectivity index (χ1) is 10.1. The molecule has 2 heterocycles. The normalized spacial score (nSPS) is 16.1. The molecule has 0 atom stereocenters. The summed E-state index contributed by atoms with van der Waals surface area (Å²) in [6, 6.07) is 0. The van der Waals surface area contributed by atoms with Gasteiger partial charge in [-0.1, -0.05) is 25.7 Å². The van der Waals surface area contributed by atoms with Crippen LogP contribution in [0.25, 0.3) is 10.2 Å². The second-order valence-electron chi connectivity index (χ2n) is 6.17. The third-order valence-corrected chi connectivity index (χ3v) is 6.22. The van der Waals surface area contributed by atoms with Gasteiger partial charge in [-0.05, 0) is 50.4 Å². The fraction of sp³-hybridized carbons (Fsp3) is 0.625. The number of nitrogens with one attached hydrogen (secondary N) is 1. The minimum absolute atomic E-state index is 0.0852. The molecular formula is C16H22N2OS2. The molecule has 1 aliphatic carbocycles. The number of hydrogen-bond acceptors (Lipinski definition) is 3.